The molecule has 0 unspecified atom stereocenters. The summed E-state index contributed by atoms with van der Waals surface area (Å²) < 4.78 is 48.3. The van der Waals surface area contributed by atoms with E-state index in [1.54, 1.807) is 0 Å². The summed E-state index contributed by atoms with van der Waals surface area (Å²) in [6.45, 7) is 0. The van der Waals surface area contributed by atoms with Crippen LogP contribution < -0.4 is 0 Å². The van der Waals surface area contributed by atoms with Gasteiger partial charge in [0.2, 0.25) is 0 Å². The van der Waals surface area contributed by atoms with Gasteiger partial charge < -0.3 is 5.53 Å². The second-order valence-electron chi connectivity index (χ2n) is 4.58. The molecule has 0 aliphatic rings. The Hall–Kier alpha value is -2.59. The highest BCUT2D eigenvalue weighted by Gasteiger charge is 2.44. The van der Waals surface area contributed by atoms with E-state index < -0.39 is 38.8 Å². The van der Waals surface area contributed by atoms with E-state index in [1.807, 2.05) is 0 Å². The average Bonchev–Trinajstić information content (AvgIpc) is 2.55. The Morgan fingerprint density at radius 3 is 1.68 bits per heavy atom. The van der Waals surface area contributed by atoms with Crippen LogP contribution in [0.3, 0.4) is 0 Å². The molecule has 0 amide bonds. The zero-order valence-corrected chi connectivity index (χ0v) is 14.5. The van der Waals surface area contributed by atoms with Gasteiger partial charge in [0.05, 0.1) is 14.7 Å². The van der Waals surface area contributed by atoms with Crippen LogP contribution in [-0.2, 0) is 19.7 Å². The number of benzene rings is 2. The molecule has 0 saturated heterocycles. The first-order valence-corrected chi connectivity index (χ1v) is 9.67. The molecule has 0 fully saturated rings. The first-order chi connectivity index (χ1) is 11.6. The average molecular weight is 402 g/mol. The van der Waals surface area contributed by atoms with Crippen molar-refractivity contribution in [2.75, 3.05) is 0 Å². The Balaban J connectivity index is 2.57. The number of nitro groups is 1. The van der Waals surface area contributed by atoms with E-state index in [9.17, 15) is 26.9 Å². The molecule has 12 heteroatoms. The van der Waals surface area contributed by atoms with Gasteiger partial charge in [0, 0.05) is 17.2 Å². The van der Waals surface area contributed by atoms with Crippen molar-refractivity contribution in [1.82, 2.24) is 0 Å². The zero-order chi connectivity index (χ0) is 18.8. The number of hydrogen-bond donors (Lipinski definition) is 0. The quantitative estimate of drug-likeness (QED) is 0.192. The standard InChI is InChI=1S/C13H8ClN3O6S2/c14-9-1-5-11(6-2-9)24(20,21)13(16-15)25(22,23)12-7-3-10(4-8-12)17(18)19/h1-8H. The van der Waals surface area contributed by atoms with Crippen molar-refractivity contribution in [3.8, 4) is 0 Å². The highest BCUT2D eigenvalue weighted by molar-refractivity contribution is 8.31. The largest absolute Gasteiger partial charge is 0.504 e. The monoisotopic (exact) mass is 401 g/mol. The maximum absolute atomic E-state index is 12.5. The van der Waals surface area contributed by atoms with E-state index >= 15 is 0 Å². The van der Waals surface area contributed by atoms with Gasteiger partial charge in [-0.05, 0) is 36.4 Å². The van der Waals surface area contributed by atoms with Crippen LogP contribution >= 0.6 is 11.6 Å². The molecule has 25 heavy (non-hydrogen) atoms. The highest BCUT2D eigenvalue weighted by Crippen LogP contribution is 2.23. The molecule has 0 heterocycles. The molecule has 130 valence electrons. The van der Waals surface area contributed by atoms with E-state index in [0.717, 1.165) is 36.4 Å². The number of halogens is 1. The summed E-state index contributed by atoms with van der Waals surface area (Å²) in [7, 11) is -9.43. The number of hydrogen-bond acceptors (Lipinski definition) is 6. The van der Waals surface area contributed by atoms with Crippen molar-refractivity contribution in [1.29, 1.82) is 0 Å². The van der Waals surface area contributed by atoms with Crippen LogP contribution in [0.25, 0.3) is 5.53 Å². The maximum Gasteiger partial charge on any atom is 0.504 e. The van der Waals surface area contributed by atoms with Gasteiger partial charge in [-0.1, -0.05) is 11.6 Å². The molecule has 2 aromatic rings. The van der Waals surface area contributed by atoms with Gasteiger partial charge in [-0.3, -0.25) is 10.1 Å². The van der Waals surface area contributed by atoms with Crippen molar-refractivity contribution in [2.24, 2.45) is 0 Å². The minimum absolute atomic E-state index is 0.222. The highest BCUT2D eigenvalue weighted by atomic mass is 35.5. The van der Waals surface area contributed by atoms with Gasteiger partial charge in [0.1, 0.15) is 0 Å². The van der Waals surface area contributed by atoms with E-state index in [4.69, 9.17) is 17.1 Å². The summed E-state index contributed by atoms with van der Waals surface area (Å²) in [5.74, 6) is 0. The minimum atomic E-state index is -4.75. The fraction of sp³-hybridized carbons (Fsp3) is 0. The van der Waals surface area contributed by atoms with Crippen LogP contribution in [0.2, 0.25) is 5.02 Å². The second-order valence-corrected chi connectivity index (χ2v) is 9.00. The molecule has 9 nitrogen and oxygen atoms in total. The summed E-state index contributed by atoms with van der Waals surface area (Å²) in [6.07, 6.45) is 0. The zero-order valence-electron chi connectivity index (χ0n) is 12.1. The fourth-order valence-electron chi connectivity index (χ4n) is 1.81. The van der Waals surface area contributed by atoms with E-state index in [0.29, 0.717) is 0 Å². The molecule has 0 bridgehead atoms. The van der Waals surface area contributed by atoms with Gasteiger partial charge in [0.15, 0.2) is 0 Å². The molecule has 0 aliphatic heterocycles. The molecule has 0 aromatic heterocycles. The lowest BCUT2D eigenvalue weighted by atomic mass is 10.3. The van der Waals surface area contributed by atoms with Gasteiger partial charge >= 0.3 is 4.38 Å². The molecule has 0 aliphatic carbocycles. The van der Waals surface area contributed by atoms with Gasteiger partial charge in [-0.15, -0.1) is 4.79 Å². The van der Waals surface area contributed by atoms with Gasteiger partial charge in [-0.25, -0.2) is 16.8 Å². The number of nitro benzene ring substituents is 1. The van der Waals surface area contributed by atoms with E-state index in [2.05, 4.69) is 4.79 Å². The molecule has 0 atom stereocenters. The molecule has 0 saturated carbocycles. The smallest absolute Gasteiger partial charge is 0.359 e. The van der Waals surface area contributed by atoms with Crippen LogP contribution in [0.5, 0.6) is 0 Å². The Labute approximate surface area is 147 Å². The Kier molecular flexibility index (Phi) is 5.04. The van der Waals surface area contributed by atoms with E-state index in [1.165, 1.54) is 12.1 Å². The third kappa shape index (κ3) is 3.59. The summed E-state index contributed by atoms with van der Waals surface area (Å²) in [5.41, 5.74) is 8.63. The summed E-state index contributed by atoms with van der Waals surface area (Å²) >= 11 is 5.65. The van der Waals surface area contributed by atoms with Crippen LogP contribution in [0.15, 0.2) is 58.3 Å². The summed E-state index contributed by atoms with van der Waals surface area (Å²) in [6, 6.07) is 8.01. The van der Waals surface area contributed by atoms with Crippen molar-refractivity contribution in [3.05, 3.63) is 69.2 Å². The molecular formula is C13H8ClN3O6S2. The number of non-ortho nitro benzene ring substituents is 1. The van der Waals surface area contributed by atoms with Crippen LogP contribution in [-0.4, -0.2) is 30.9 Å². The third-order valence-electron chi connectivity index (χ3n) is 3.02. The predicted octanol–water partition coefficient (Wildman–Crippen LogP) is 2.08. The van der Waals surface area contributed by atoms with Crippen molar-refractivity contribution in [2.45, 2.75) is 9.79 Å². The fourth-order valence-corrected chi connectivity index (χ4v) is 5.28. The van der Waals surface area contributed by atoms with Gasteiger partial charge in [0.25, 0.3) is 25.4 Å². The Bertz CT molecular complexity index is 1090. The molecule has 0 spiro atoms. The second kappa shape index (κ2) is 6.73. The van der Waals surface area contributed by atoms with Crippen LogP contribution in [0, 0.1) is 10.1 Å². The first kappa shape index (κ1) is 18.7. The lowest BCUT2D eigenvalue weighted by molar-refractivity contribution is -0.384. The Morgan fingerprint density at radius 1 is 0.920 bits per heavy atom. The van der Waals surface area contributed by atoms with Crippen LogP contribution in [0.4, 0.5) is 5.69 Å². The Morgan fingerprint density at radius 2 is 1.32 bits per heavy atom. The third-order valence-corrected chi connectivity index (χ3v) is 7.46. The minimum Gasteiger partial charge on any atom is -0.359 e. The molecule has 0 radical (unpaired) electrons. The SMILES string of the molecule is [N-]=[N+]=C(S(=O)(=O)c1ccc(Cl)cc1)S(=O)(=O)c1ccc([N+](=O)[O-])cc1. The first-order valence-electron chi connectivity index (χ1n) is 6.33. The summed E-state index contributed by atoms with van der Waals surface area (Å²) in [4.78, 5) is 11.3. The number of rotatable bonds is 3. The van der Waals surface area contributed by atoms with E-state index in [-0.39, 0.29) is 10.7 Å². The lowest BCUT2D eigenvalue weighted by Gasteiger charge is -2.02. The van der Waals surface area contributed by atoms with Crippen molar-refractivity contribution < 1.29 is 26.5 Å². The topological polar surface area (TPSA) is 148 Å². The number of nitrogens with zero attached hydrogens (tertiary/aromatic N) is 3. The van der Waals surface area contributed by atoms with Gasteiger partial charge in [-0.2, -0.15) is 0 Å². The van der Waals surface area contributed by atoms with Crippen LogP contribution in [0.1, 0.15) is 0 Å². The molecular weight excluding hydrogens is 394 g/mol. The predicted molar refractivity (Wildman–Crippen MR) is 87.5 cm³/mol. The molecule has 2 aromatic carbocycles. The molecule has 2 rings (SSSR count). The number of sulfone groups is 2. The molecule has 0 N–H and O–H groups in total. The lowest BCUT2D eigenvalue weighted by Crippen LogP contribution is -2.26. The normalized spacial score (nSPS) is 11.6. The van der Waals surface area contributed by atoms with Crippen molar-refractivity contribution in [3.63, 3.8) is 0 Å². The summed E-state index contributed by atoms with van der Waals surface area (Å²) in [5, 5.41) is 10.8. The van der Waals surface area contributed by atoms with Crippen molar-refractivity contribution >= 4 is 41.3 Å². The maximum atomic E-state index is 12.5.